The van der Waals surface area contributed by atoms with Crippen LogP contribution in [0.2, 0.25) is 0 Å². The number of nitrogens with one attached hydrogen (secondary N) is 1. The number of hydrogen-bond donors (Lipinski definition) is 1. The van der Waals surface area contributed by atoms with Crippen molar-refractivity contribution in [1.82, 2.24) is 9.78 Å². The third-order valence-electron chi connectivity index (χ3n) is 4.34. The molecule has 2 aromatic carbocycles. The van der Waals surface area contributed by atoms with Crippen LogP contribution in [0.15, 0.2) is 64.4 Å². The third-order valence-corrected chi connectivity index (χ3v) is 4.34. The summed E-state index contributed by atoms with van der Waals surface area (Å²) in [5.41, 5.74) is 3.41. The van der Waals surface area contributed by atoms with E-state index in [4.69, 9.17) is 0 Å². The van der Waals surface area contributed by atoms with E-state index in [9.17, 15) is 14.9 Å². The number of H-pyrrole nitrogens is 1. The highest BCUT2D eigenvalue weighted by molar-refractivity contribution is 5.99. The molecule has 0 radical (unpaired) electrons. The van der Waals surface area contributed by atoms with Gasteiger partial charge in [0.1, 0.15) is 0 Å². The molecule has 3 rings (SSSR count). The van der Waals surface area contributed by atoms with Gasteiger partial charge in [-0.1, -0.05) is 30.3 Å². The Morgan fingerprint density at radius 3 is 2.44 bits per heavy atom. The second-order valence-corrected chi connectivity index (χ2v) is 6.23. The molecule has 1 N–H and O–H groups in total. The zero-order valence-electron chi connectivity index (χ0n) is 15.2. The first-order valence-electron chi connectivity index (χ1n) is 8.59. The van der Waals surface area contributed by atoms with Crippen LogP contribution in [-0.2, 0) is 6.42 Å². The van der Waals surface area contributed by atoms with E-state index in [1.54, 1.807) is 12.1 Å². The van der Waals surface area contributed by atoms with Crippen molar-refractivity contribution < 1.29 is 4.92 Å². The van der Waals surface area contributed by atoms with Gasteiger partial charge in [-0.15, -0.1) is 0 Å². The average Bonchev–Trinajstić information content (AvgIpc) is 2.97. The number of nitro groups is 1. The molecule has 3 aromatic rings. The van der Waals surface area contributed by atoms with E-state index >= 15 is 0 Å². The molecule has 0 saturated heterocycles. The topological polar surface area (TPSA) is 93.3 Å². The Kier molecular flexibility index (Phi) is 5.30. The lowest BCUT2D eigenvalue weighted by Gasteiger charge is -2.01. The fourth-order valence-corrected chi connectivity index (χ4v) is 2.95. The summed E-state index contributed by atoms with van der Waals surface area (Å²) in [5.74, 6) is 0. The molecule has 0 aliphatic carbocycles. The average molecular weight is 364 g/mol. The molecule has 0 aliphatic heterocycles. The Hall–Kier alpha value is -3.48. The highest BCUT2D eigenvalue weighted by Crippen LogP contribution is 2.14. The van der Waals surface area contributed by atoms with Gasteiger partial charge in [-0.2, -0.15) is 0 Å². The molecule has 0 amide bonds. The second kappa shape index (κ2) is 7.82. The van der Waals surface area contributed by atoms with E-state index < -0.39 is 4.92 Å². The summed E-state index contributed by atoms with van der Waals surface area (Å²) in [6, 6.07) is 15.9. The number of aryl methyl sites for hydroxylation is 1. The molecule has 7 nitrogen and oxygen atoms in total. The highest BCUT2D eigenvalue weighted by Gasteiger charge is 2.15. The third kappa shape index (κ3) is 4.03. The monoisotopic (exact) mass is 364 g/mol. The van der Waals surface area contributed by atoms with Gasteiger partial charge in [-0.25, -0.2) is 4.68 Å². The molecule has 7 heteroatoms. The molecular formula is C20H20N4O3. The van der Waals surface area contributed by atoms with Gasteiger partial charge in [-0.05, 0) is 38.0 Å². The molecule has 27 heavy (non-hydrogen) atoms. The Morgan fingerprint density at radius 2 is 1.81 bits per heavy atom. The molecule has 0 bridgehead atoms. The normalized spacial score (nSPS) is 11.6. The van der Waals surface area contributed by atoms with Gasteiger partial charge in [-0.3, -0.25) is 25.0 Å². The summed E-state index contributed by atoms with van der Waals surface area (Å²) in [6.07, 6.45) is 0.804. The van der Waals surface area contributed by atoms with Gasteiger partial charge >= 0.3 is 0 Å². The number of non-ortho nitro benzene ring substituents is 1. The van der Waals surface area contributed by atoms with Crippen molar-refractivity contribution in [3.8, 4) is 5.69 Å². The van der Waals surface area contributed by atoms with Crippen LogP contribution >= 0.6 is 0 Å². The van der Waals surface area contributed by atoms with Gasteiger partial charge in [0.25, 0.3) is 11.2 Å². The zero-order valence-corrected chi connectivity index (χ0v) is 15.2. The highest BCUT2D eigenvalue weighted by atomic mass is 16.6. The lowest BCUT2D eigenvalue weighted by Crippen LogP contribution is -2.20. The standard InChI is InChI=1S/C20H20N4O3/c1-14(21-13-12-16-6-4-3-5-7-16)19-15(2)22-23(20(19)25)17-8-10-18(11-9-17)24(26)27/h3-11,22H,12-13H2,1-2H3. The molecular weight excluding hydrogens is 344 g/mol. The van der Waals surface area contributed by atoms with Crippen molar-refractivity contribution in [3.05, 3.63) is 91.9 Å². The Labute approximate surface area is 156 Å². The van der Waals surface area contributed by atoms with Crippen molar-refractivity contribution in [2.75, 3.05) is 6.54 Å². The maximum absolute atomic E-state index is 12.8. The zero-order chi connectivity index (χ0) is 19.4. The number of benzene rings is 2. The lowest BCUT2D eigenvalue weighted by atomic mass is 10.1. The molecule has 0 spiro atoms. The number of aromatic amines is 1. The summed E-state index contributed by atoms with van der Waals surface area (Å²) in [7, 11) is 0. The summed E-state index contributed by atoms with van der Waals surface area (Å²) in [4.78, 5) is 27.7. The number of rotatable bonds is 6. The van der Waals surface area contributed by atoms with Crippen LogP contribution in [0, 0.1) is 17.0 Å². The lowest BCUT2D eigenvalue weighted by molar-refractivity contribution is -0.384. The number of aliphatic imine (C=N–C) groups is 1. The predicted octanol–water partition coefficient (Wildman–Crippen LogP) is 3.43. The second-order valence-electron chi connectivity index (χ2n) is 6.23. The van der Waals surface area contributed by atoms with Gasteiger partial charge in [0.2, 0.25) is 0 Å². The molecule has 138 valence electrons. The van der Waals surface area contributed by atoms with Crippen LogP contribution in [0.1, 0.15) is 23.7 Å². The van der Waals surface area contributed by atoms with Crippen LogP contribution in [-0.4, -0.2) is 27.0 Å². The Bertz CT molecular complexity index is 1030. The summed E-state index contributed by atoms with van der Waals surface area (Å²) >= 11 is 0. The first kappa shape index (κ1) is 18.3. The van der Waals surface area contributed by atoms with Crippen molar-refractivity contribution in [1.29, 1.82) is 0 Å². The van der Waals surface area contributed by atoms with Gasteiger partial charge in [0, 0.05) is 30.1 Å². The first-order valence-corrected chi connectivity index (χ1v) is 8.59. The van der Waals surface area contributed by atoms with Crippen LogP contribution in [0.25, 0.3) is 5.69 Å². The van der Waals surface area contributed by atoms with Crippen molar-refractivity contribution in [2.24, 2.45) is 4.99 Å². The molecule has 0 atom stereocenters. The van der Waals surface area contributed by atoms with E-state index in [1.807, 2.05) is 44.2 Å². The van der Waals surface area contributed by atoms with Gasteiger partial charge < -0.3 is 0 Å². The molecule has 0 fully saturated rings. The quantitative estimate of drug-likeness (QED) is 0.412. The van der Waals surface area contributed by atoms with E-state index in [0.29, 0.717) is 29.2 Å². The van der Waals surface area contributed by atoms with Gasteiger partial charge in [0.05, 0.1) is 16.2 Å². The minimum absolute atomic E-state index is 0.0195. The largest absolute Gasteiger partial charge is 0.295 e. The Balaban J connectivity index is 1.83. The van der Waals surface area contributed by atoms with Crippen LogP contribution in [0.4, 0.5) is 5.69 Å². The first-order chi connectivity index (χ1) is 13.0. The molecule has 0 saturated carbocycles. The molecule has 1 aromatic heterocycles. The Morgan fingerprint density at radius 1 is 1.15 bits per heavy atom. The summed E-state index contributed by atoms with van der Waals surface area (Å²) < 4.78 is 1.38. The predicted molar refractivity (Wildman–Crippen MR) is 105 cm³/mol. The number of hydrogen-bond acceptors (Lipinski definition) is 4. The molecule has 0 unspecified atom stereocenters. The van der Waals surface area contributed by atoms with Crippen molar-refractivity contribution in [2.45, 2.75) is 20.3 Å². The van der Waals surface area contributed by atoms with Gasteiger partial charge in [0.15, 0.2) is 0 Å². The van der Waals surface area contributed by atoms with E-state index in [-0.39, 0.29) is 11.2 Å². The fraction of sp³-hybridized carbons (Fsp3) is 0.200. The maximum atomic E-state index is 12.8. The number of nitrogens with zero attached hydrogens (tertiary/aromatic N) is 3. The molecule has 0 aliphatic rings. The van der Waals surface area contributed by atoms with E-state index in [1.165, 1.54) is 22.4 Å². The van der Waals surface area contributed by atoms with Crippen LogP contribution in [0.5, 0.6) is 0 Å². The summed E-state index contributed by atoms with van der Waals surface area (Å²) in [6.45, 7) is 4.23. The van der Waals surface area contributed by atoms with Crippen LogP contribution in [0.3, 0.4) is 0 Å². The van der Waals surface area contributed by atoms with E-state index in [2.05, 4.69) is 10.1 Å². The van der Waals surface area contributed by atoms with Crippen molar-refractivity contribution >= 4 is 11.4 Å². The minimum atomic E-state index is -0.471. The van der Waals surface area contributed by atoms with Crippen LogP contribution < -0.4 is 5.56 Å². The maximum Gasteiger partial charge on any atom is 0.280 e. The molecule has 1 heterocycles. The summed E-state index contributed by atoms with van der Waals surface area (Å²) in [5, 5.41) is 13.8. The number of aromatic nitrogens is 2. The smallest absolute Gasteiger partial charge is 0.280 e. The minimum Gasteiger partial charge on any atom is -0.295 e. The van der Waals surface area contributed by atoms with E-state index in [0.717, 1.165) is 6.42 Å². The fourth-order valence-electron chi connectivity index (χ4n) is 2.95. The SMILES string of the molecule is CC(=NCCc1ccccc1)c1c(C)[nH]n(-c2ccc([N+](=O)[O-])cc2)c1=O. The van der Waals surface area contributed by atoms with Crippen molar-refractivity contribution in [3.63, 3.8) is 0 Å². The number of nitro benzene ring substituents is 1.